The summed E-state index contributed by atoms with van der Waals surface area (Å²) in [7, 11) is 0. The molecule has 1 aliphatic rings. The first kappa shape index (κ1) is 15.4. The molecular weight excluding hydrogens is 270 g/mol. The third-order valence-corrected chi connectivity index (χ3v) is 4.41. The predicted octanol–water partition coefficient (Wildman–Crippen LogP) is 4.63. The Kier molecular flexibility index (Phi) is 4.43. The lowest BCUT2D eigenvalue weighted by atomic mass is 9.79. The minimum Gasteiger partial charge on any atom is -0.307 e. The normalized spacial score (nSPS) is 20.6. The number of alkyl halides is 1. The molecular formula is C17H24ClNO. The van der Waals surface area contributed by atoms with E-state index in [9.17, 15) is 4.79 Å². The molecule has 0 saturated heterocycles. The molecule has 0 bridgehead atoms. The smallest absolute Gasteiger partial charge is 0.227 e. The van der Waals surface area contributed by atoms with Gasteiger partial charge in [-0.3, -0.25) is 4.79 Å². The molecule has 2 nitrogen and oxygen atoms in total. The minimum atomic E-state index is -0.135. The van der Waals surface area contributed by atoms with E-state index in [4.69, 9.17) is 11.6 Å². The summed E-state index contributed by atoms with van der Waals surface area (Å²) in [5.41, 5.74) is 3.44. The second kappa shape index (κ2) is 5.77. The van der Waals surface area contributed by atoms with Gasteiger partial charge in [-0.05, 0) is 56.7 Å². The number of nitrogens with zero attached hydrogens (tertiary/aromatic N) is 1. The van der Waals surface area contributed by atoms with Crippen LogP contribution in [0.1, 0.15) is 57.1 Å². The highest BCUT2D eigenvalue weighted by Gasteiger charge is 2.39. The second-order valence-corrected chi connectivity index (χ2v) is 6.88. The number of hydrogen-bond donors (Lipinski definition) is 0. The second-order valence-electron chi connectivity index (χ2n) is 6.50. The monoisotopic (exact) mass is 293 g/mol. The molecule has 1 atom stereocenters. The third-order valence-electron chi connectivity index (χ3n) is 4.14. The molecule has 0 spiro atoms. The van der Waals surface area contributed by atoms with Crippen LogP contribution in [-0.4, -0.2) is 17.3 Å². The summed E-state index contributed by atoms with van der Waals surface area (Å²) >= 11 is 5.73. The Morgan fingerprint density at radius 2 is 2.15 bits per heavy atom. The quantitative estimate of drug-likeness (QED) is 0.744. The third kappa shape index (κ3) is 2.85. The molecule has 0 unspecified atom stereocenters. The summed E-state index contributed by atoms with van der Waals surface area (Å²) in [5, 5.41) is 0. The van der Waals surface area contributed by atoms with Crippen molar-refractivity contribution in [2.45, 2.75) is 58.4 Å². The molecule has 1 heterocycles. The number of benzene rings is 1. The number of rotatable bonds is 3. The van der Waals surface area contributed by atoms with Crippen LogP contribution in [0.3, 0.4) is 0 Å². The molecule has 2 rings (SSSR count). The van der Waals surface area contributed by atoms with Crippen LogP contribution < -0.4 is 4.90 Å². The van der Waals surface area contributed by atoms with Crippen LogP contribution in [0.15, 0.2) is 18.2 Å². The van der Waals surface area contributed by atoms with Crippen molar-refractivity contribution in [3.05, 3.63) is 29.3 Å². The Morgan fingerprint density at radius 1 is 1.45 bits per heavy atom. The Hall–Kier alpha value is -1.02. The van der Waals surface area contributed by atoms with Crippen molar-refractivity contribution in [3.63, 3.8) is 0 Å². The van der Waals surface area contributed by atoms with E-state index in [-0.39, 0.29) is 11.4 Å². The number of halogens is 1. The molecule has 1 aromatic carbocycles. The fraction of sp³-hybridized carbons (Fsp3) is 0.588. The lowest BCUT2D eigenvalue weighted by molar-refractivity contribution is -0.119. The van der Waals surface area contributed by atoms with E-state index >= 15 is 0 Å². The first-order chi connectivity index (χ1) is 9.36. The fourth-order valence-corrected chi connectivity index (χ4v) is 3.48. The van der Waals surface area contributed by atoms with E-state index in [0.29, 0.717) is 18.2 Å². The molecule has 3 heteroatoms. The van der Waals surface area contributed by atoms with Gasteiger partial charge < -0.3 is 4.90 Å². The van der Waals surface area contributed by atoms with Crippen LogP contribution in [-0.2, 0) is 4.79 Å². The van der Waals surface area contributed by atoms with Gasteiger partial charge in [-0.2, -0.15) is 0 Å². The van der Waals surface area contributed by atoms with E-state index in [0.717, 1.165) is 18.5 Å². The minimum absolute atomic E-state index is 0.135. The van der Waals surface area contributed by atoms with Crippen molar-refractivity contribution >= 4 is 23.2 Å². The molecule has 0 fully saturated rings. The summed E-state index contributed by atoms with van der Waals surface area (Å²) in [5.74, 6) is 1.21. The van der Waals surface area contributed by atoms with E-state index in [1.54, 1.807) is 0 Å². The van der Waals surface area contributed by atoms with Gasteiger partial charge in [-0.25, -0.2) is 0 Å². The number of hydrogen-bond acceptors (Lipinski definition) is 1. The van der Waals surface area contributed by atoms with Gasteiger partial charge >= 0.3 is 0 Å². The predicted molar refractivity (Wildman–Crippen MR) is 85.7 cm³/mol. The fourth-order valence-electron chi connectivity index (χ4n) is 3.34. The average molecular weight is 294 g/mol. The molecule has 1 amide bonds. The Balaban J connectivity index is 2.45. The first-order valence-electron chi connectivity index (χ1n) is 7.36. The molecule has 1 aliphatic heterocycles. The van der Waals surface area contributed by atoms with Gasteiger partial charge in [0.15, 0.2) is 0 Å². The molecule has 0 saturated carbocycles. The van der Waals surface area contributed by atoms with Crippen molar-refractivity contribution in [2.24, 2.45) is 0 Å². The zero-order valence-electron chi connectivity index (χ0n) is 12.9. The van der Waals surface area contributed by atoms with Crippen LogP contribution in [0.5, 0.6) is 0 Å². The Morgan fingerprint density at radius 3 is 2.80 bits per heavy atom. The van der Waals surface area contributed by atoms with E-state index in [1.165, 1.54) is 11.1 Å². The molecule has 0 aliphatic carbocycles. The van der Waals surface area contributed by atoms with Gasteiger partial charge in [-0.15, -0.1) is 11.6 Å². The van der Waals surface area contributed by atoms with Gasteiger partial charge in [0.2, 0.25) is 5.91 Å². The summed E-state index contributed by atoms with van der Waals surface area (Å²) in [6, 6.07) is 6.45. The van der Waals surface area contributed by atoms with Gasteiger partial charge in [0.1, 0.15) is 0 Å². The maximum Gasteiger partial charge on any atom is 0.227 e. The van der Waals surface area contributed by atoms with Crippen molar-refractivity contribution in [3.8, 4) is 0 Å². The average Bonchev–Trinajstić information content (AvgIpc) is 2.34. The first-order valence-corrected chi connectivity index (χ1v) is 7.90. The number of aryl methyl sites for hydroxylation is 1. The number of carbonyl (C=O) groups excluding carboxylic acids is 1. The summed E-state index contributed by atoms with van der Waals surface area (Å²) in [6.45, 7) is 8.64. The van der Waals surface area contributed by atoms with Crippen LogP contribution >= 0.6 is 11.6 Å². The number of amides is 1. The Bertz CT molecular complexity index is 510. The van der Waals surface area contributed by atoms with Crippen molar-refractivity contribution < 1.29 is 4.79 Å². The van der Waals surface area contributed by atoms with Crippen LogP contribution in [0, 0.1) is 6.92 Å². The Labute approximate surface area is 127 Å². The molecule has 0 N–H and O–H groups in total. The lowest BCUT2D eigenvalue weighted by Gasteiger charge is -2.46. The standard InChI is InChI=1S/C17H24ClNO/c1-12-7-8-14-13(2)11-17(3,4)19(15(14)10-12)16(20)6-5-9-18/h7-8,10,13H,5-6,9,11H2,1-4H3/t13-/m0/s1. The zero-order chi connectivity index (χ0) is 14.9. The van der Waals surface area contributed by atoms with Gasteiger partial charge in [0.05, 0.1) is 0 Å². The lowest BCUT2D eigenvalue weighted by Crippen LogP contribution is -2.51. The molecule has 110 valence electrons. The van der Waals surface area contributed by atoms with Crippen LogP contribution in [0.4, 0.5) is 5.69 Å². The zero-order valence-corrected chi connectivity index (χ0v) is 13.6. The van der Waals surface area contributed by atoms with Gasteiger partial charge in [-0.1, -0.05) is 19.1 Å². The van der Waals surface area contributed by atoms with Crippen LogP contribution in [0.2, 0.25) is 0 Å². The van der Waals surface area contributed by atoms with E-state index in [2.05, 4.69) is 45.9 Å². The number of fused-ring (bicyclic) bond motifs is 1. The summed E-state index contributed by atoms with van der Waals surface area (Å²) in [6.07, 6.45) is 2.26. The van der Waals surface area contributed by atoms with Gasteiger partial charge in [0, 0.05) is 23.5 Å². The number of anilines is 1. The number of carbonyl (C=O) groups is 1. The van der Waals surface area contributed by atoms with Crippen LogP contribution in [0.25, 0.3) is 0 Å². The van der Waals surface area contributed by atoms with Crippen molar-refractivity contribution in [2.75, 3.05) is 10.8 Å². The topological polar surface area (TPSA) is 20.3 Å². The van der Waals surface area contributed by atoms with Gasteiger partial charge in [0.25, 0.3) is 0 Å². The highest BCUT2D eigenvalue weighted by atomic mass is 35.5. The SMILES string of the molecule is Cc1ccc2c(c1)N(C(=O)CCCCl)C(C)(C)C[C@@H]2C. The summed E-state index contributed by atoms with van der Waals surface area (Å²) < 4.78 is 0. The van der Waals surface area contributed by atoms with Crippen molar-refractivity contribution in [1.82, 2.24) is 0 Å². The summed E-state index contributed by atoms with van der Waals surface area (Å²) in [4.78, 5) is 14.6. The van der Waals surface area contributed by atoms with Crippen molar-refractivity contribution in [1.29, 1.82) is 0 Å². The van der Waals surface area contributed by atoms with E-state index in [1.807, 2.05) is 4.90 Å². The van der Waals surface area contributed by atoms with E-state index < -0.39 is 0 Å². The highest BCUT2D eigenvalue weighted by molar-refractivity contribution is 6.18. The maximum atomic E-state index is 12.6. The molecule has 1 aromatic rings. The molecule has 0 aromatic heterocycles. The maximum absolute atomic E-state index is 12.6. The largest absolute Gasteiger partial charge is 0.307 e. The molecule has 0 radical (unpaired) electrons. The molecule has 20 heavy (non-hydrogen) atoms. The highest BCUT2D eigenvalue weighted by Crippen LogP contribution is 2.43.